The summed E-state index contributed by atoms with van der Waals surface area (Å²) in [6.45, 7) is 1.65. The number of hydrogen-bond acceptors (Lipinski definition) is 8. The van der Waals surface area contributed by atoms with Crippen molar-refractivity contribution in [1.82, 2.24) is 0 Å². The van der Waals surface area contributed by atoms with Crippen molar-refractivity contribution in [1.29, 1.82) is 0 Å². The molecule has 3 heterocycles. The molecule has 4 bridgehead atoms. The molecule has 3 aliphatic rings. The maximum Gasteiger partial charge on any atom is 0.305 e. The Morgan fingerprint density at radius 1 is 0.654 bits per heavy atom. The molecule has 0 radical (unpaired) electrons. The molecule has 26 heavy (non-hydrogen) atoms. The minimum Gasteiger partial charge on any atom is -0.466 e. The molecule has 0 N–H and O–H groups in total. The lowest BCUT2D eigenvalue weighted by molar-refractivity contribution is -0.149. The summed E-state index contributed by atoms with van der Waals surface area (Å²) >= 11 is 0. The van der Waals surface area contributed by atoms with Crippen molar-refractivity contribution < 1.29 is 38.0 Å². The van der Waals surface area contributed by atoms with Crippen molar-refractivity contribution in [2.45, 2.75) is 76.2 Å². The van der Waals surface area contributed by atoms with Gasteiger partial charge < -0.3 is 28.4 Å². The van der Waals surface area contributed by atoms with Gasteiger partial charge in [0, 0.05) is 12.8 Å². The summed E-state index contributed by atoms with van der Waals surface area (Å²) in [4.78, 5) is 23.5. The topological polar surface area (TPSA) is 89.5 Å². The van der Waals surface area contributed by atoms with Gasteiger partial charge in [0.1, 0.15) is 12.2 Å². The smallest absolute Gasteiger partial charge is 0.305 e. The summed E-state index contributed by atoms with van der Waals surface area (Å²) < 4.78 is 33.2. The van der Waals surface area contributed by atoms with E-state index in [-0.39, 0.29) is 37.0 Å². The number of rotatable bonds is 0. The number of hydrogen-bond donors (Lipinski definition) is 0. The first-order chi connectivity index (χ1) is 12.7. The molecule has 8 heteroatoms. The highest BCUT2D eigenvalue weighted by atomic mass is 16.8. The Bertz CT molecular complexity index is 426. The summed E-state index contributed by atoms with van der Waals surface area (Å²) in [5, 5.41) is 0. The van der Waals surface area contributed by atoms with Gasteiger partial charge in [0.15, 0.2) is 12.6 Å². The molecule has 0 amide bonds. The molecular formula is C18H28O8. The van der Waals surface area contributed by atoms with Crippen molar-refractivity contribution in [2.75, 3.05) is 26.4 Å². The highest BCUT2D eigenvalue weighted by Gasteiger charge is 2.38. The van der Waals surface area contributed by atoms with E-state index in [1.165, 1.54) is 0 Å². The number of ether oxygens (including phenoxy) is 6. The molecule has 0 aromatic carbocycles. The Morgan fingerprint density at radius 3 is 1.58 bits per heavy atom. The molecule has 8 nitrogen and oxygen atoms in total. The van der Waals surface area contributed by atoms with E-state index in [1.807, 2.05) is 0 Å². The molecule has 3 saturated heterocycles. The van der Waals surface area contributed by atoms with Gasteiger partial charge in [-0.15, -0.1) is 0 Å². The Hall–Kier alpha value is -1.22. The fourth-order valence-corrected chi connectivity index (χ4v) is 3.19. The van der Waals surface area contributed by atoms with Gasteiger partial charge in [-0.05, 0) is 25.7 Å². The average molecular weight is 372 g/mol. The third kappa shape index (κ3) is 6.19. The second kappa shape index (κ2) is 10.2. The lowest BCUT2D eigenvalue weighted by Gasteiger charge is -2.16. The van der Waals surface area contributed by atoms with E-state index < -0.39 is 12.6 Å². The first kappa shape index (κ1) is 19.5. The maximum absolute atomic E-state index is 11.8. The predicted octanol–water partition coefficient (Wildman–Crippen LogP) is 1.69. The molecule has 0 aromatic rings. The normalized spacial score (nSPS) is 35.5. The minimum atomic E-state index is -0.421. The summed E-state index contributed by atoms with van der Waals surface area (Å²) in [6, 6.07) is 0. The zero-order chi connectivity index (χ0) is 18.2. The van der Waals surface area contributed by atoms with Gasteiger partial charge in [-0.1, -0.05) is 0 Å². The zero-order valence-electron chi connectivity index (χ0n) is 15.1. The van der Waals surface area contributed by atoms with E-state index in [2.05, 4.69) is 0 Å². The van der Waals surface area contributed by atoms with Gasteiger partial charge in [0.05, 0.1) is 39.3 Å². The summed E-state index contributed by atoms with van der Waals surface area (Å²) in [6.07, 6.45) is 3.71. The van der Waals surface area contributed by atoms with Gasteiger partial charge in [-0.3, -0.25) is 9.59 Å². The standard InChI is InChI=1S/C18H28O8/c19-15-5-7-17-23-11-13(25-17)14-12-24-18(26-14)8-6-16(20)22-10-4-2-1-3-9-21-15/h13-14,17-18H,1-12H2. The fraction of sp³-hybridized carbons (Fsp3) is 0.889. The van der Waals surface area contributed by atoms with Gasteiger partial charge in [0.2, 0.25) is 0 Å². The Morgan fingerprint density at radius 2 is 1.12 bits per heavy atom. The predicted molar refractivity (Wildman–Crippen MR) is 88.1 cm³/mol. The van der Waals surface area contributed by atoms with Crippen molar-refractivity contribution >= 4 is 11.9 Å². The van der Waals surface area contributed by atoms with E-state index >= 15 is 0 Å². The van der Waals surface area contributed by atoms with Crippen LogP contribution in [0.5, 0.6) is 0 Å². The molecule has 4 atom stereocenters. The molecule has 3 rings (SSSR count). The van der Waals surface area contributed by atoms with Crippen molar-refractivity contribution in [3.8, 4) is 0 Å². The van der Waals surface area contributed by atoms with Crippen LogP contribution in [0.1, 0.15) is 51.4 Å². The van der Waals surface area contributed by atoms with Crippen molar-refractivity contribution in [3.05, 3.63) is 0 Å². The molecule has 4 unspecified atom stereocenters. The lowest BCUT2D eigenvalue weighted by atomic mass is 10.2. The van der Waals surface area contributed by atoms with Gasteiger partial charge in [-0.2, -0.15) is 0 Å². The first-order valence-corrected chi connectivity index (χ1v) is 9.56. The van der Waals surface area contributed by atoms with Crippen molar-refractivity contribution in [3.63, 3.8) is 0 Å². The quantitative estimate of drug-likeness (QED) is 0.594. The minimum absolute atomic E-state index is 0.224. The maximum atomic E-state index is 11.8. The van der Waals surface area contributed by atoms with Crippen LogP contribution in [0.2, 0.25) is 0 Å². The van der Waals surface area contributed by atoms with E-state index in [0.717, 1.165) is 25.7 Å². The lowest BCUT2D eigenvalue weighted by Crippen LogP contribution is -2.31. The molecule has 148 valence electrons. The molecule has 0 aromatic heterocycles. The molecule has 0 aliphatic carbocycles. The first-order valence-electron chi connectivity index (χ1n) is 9.56. The molecular weight excluding hydrogens is 344 g/mol. The second-order valence-corrected chi connectivity index (χ2v) is 6.81. The monoisotopic (exact) mass is 372 g/mol. The van der Waals surface area contributed by atoms with Crippen LogP contribution in [0.25, 0.3) is 0 Å². The number of fused-ring (bicyclic) bond motifs is 5. The zero-order valence-corrected chi connectivity index (χ0v) is 15.1. The van der Waals surface area contributed by atoms with Crippen LogP contribution in [0.15, 0.2) is 0 Å². The van der Waals surface area contributed by atoms with Crippen LogP contribution >= 0.6 is 0 Å². The Kier molecular flexibility index (Phi) is 7.67. The van der Waals surface area contributed by atoms with Gasteiger partial charge in [0.25, 0.3) is 0 Å². The van der Waals surface area contributed by atoms with Crippen molar-refractivity contribution in [2.24, 2.45) is 0 Å². The van der Waals surface area contributed by atoms with E-state index in [0.29, 0.717) is 39.3 Å². The van der Waals surface area contributed by atoms with E-state index in [4.69, 9.17) is 28.4 Å². The van der Waals surface area contributed by atoms with Gasteiger partial charge in [-0.25, -0.2) is 0 Å². The molecule has 0 saturated carbocycles. The highest BCUT2D eigenvalue weighted by Crippen LogP contribution is 2.26. The third-order valence-corrected chi connectivity index (χ3v) is 4.69. The van der Waals surface area contributed by atoms with Crippen LogP contribution in [-0.2, 0) is 38.0 Å². The van der Waals surface area contributed by atoms with Crippen LogP contribution in [0.4, 0.5) is 0 Å². The van der Waals surface area contributed by atoms with Gasteiger partial charge >= 0.3 is 11.9 Å². The average Bonchev–Trinajstić information content (AvgIpc) is 3.28. The molecule has 0 spiro atoms. The largest absolute Gasteiger partial charge is 0.466 e. The number of esters is 2. The fourth-order valence-electron chi connectivity index (χ4n) is 3.19. The number of cyclic esters (lactones) is 2. The number of carbonyl (C=O) groups excluding carboxylic acids is 2. The molecule has 3 fully saturated rings. The SMILES string of the molecule is O=C1CCC2OCC(O2)C2COC(CCC(=O)OCCCCCCO1)O2. The number of carbonyl (C=O) groups is 2. The third-order valence-electron chi connectivity index (χ3n) is 4.69. The summed E-state index contributed by atoms with van der Waals surface area (Å²) in [7, 11) is 0. The Labute approximate surface area is 153 Å². The Balaban J connectivity index is 1.48. The molecule has 3 aliphatic heterocycles. The van der Waals surface area contributed by atoms with Crippen LogP contribution < -0.4 is 0 Å². The van der Waals surface area contributed by atoms with E-state index in [9.17, 15) is 9.59 Å². The van der Waals surface area contributed by atoms with E-state index in [1.54, 1.807) is 0 Å². The summed E-state index contributed by atoms with van der Waals surface area (Å²) in [5.74, 6) is -0.464. The van der Waals surface area contributed by atoms with Crippen LogP contribution in [-0.4, -0.2) is 63.2 Å². The van der Waals surface area contributed by atoms with Crippen LogP contribution in [0.3, 0.4) is 0 Å². The van der Waals surface area contributed by atoms with Crippen LogP contribution in [0, 0.1) is 0 Å². The summed E-state index contributed by atoms with van der Waals surface area (Å²) in [5.41, 5.74) is 0. The second-order valence-electron chi connectivity index (χ2n) is 6.81. The highest BCUT2D eigenvalue weighted by molar-refractivity contribution is 5.69.